The molecule has 116 valence electrons. The first-order valence-electron chi connectivity index (χ1n) is 7.00. The second-order valence-corrected chi connectivity index (χ2v) is 7.88. The van der Waals surface area contributed by atoms with E-state index >= 15 is 0 Å². The molecule has 0 aliphatic heterocycles. The molecule has 0 saturated heterocycles. The molecule has 0 fully saturated rings. The first kappa shape index (κ1) is 16.7. The van der Waals surface area contributed by atoms with Crippen LogP contribution in [0.4, 0.5) is 5.69 Å². The van der Waals surface area contributed by atoms with Crippen molar-refractivity contribution in [3.63, 3.8) is 0 Å². The summed E-state index contributed by atoms with van der Waals surface area (Å²) >= 11 is 1.29. The Morgan fingerprint density at radius 2 is 2.00 bits per heavy atom. The maximum atomic E-state index is 12.6. The minimum Gasteiger partial charge on any atom is -0.318 e. The predicted molar refractivity (Wildman–Crippen MR) is 94.2 cm³/mol. The third-order valence-electron chi connectivity index (χ3n) is 3.27. The second kappa shape index (κ2) is 8.06. The zero-order valence-electron chi connectivity index (χ0n) is 12.7. The zero-order chi connectivity index (χ0) is 15.9. The highest BCUT2D eigenvalue weighted by Gasteiger charge is 2.24. The number of benzene rings is 1. The van der Waals surface area contributed by atoms with E-state index in [1.54, 1.807) is 11.4 Å². The fourth-order valence-corrected chi connectivity index (χ4v) is 4.40. The number of nitriles is 1. The van der Waals surface area contributed by atoms with Crippen molar-refractivity contribution in [3.05, 3.63) is 54.3 Å². The quantitative estimate of drug-likeness (QED) is 0.748. The Balaban J connectivity index is 2.05. The Morgan fingerprint density at radius 3 is 2.59 bits per heavy atom. The highest BCUT2D eigenvalue weighted by Crippen LogP contribution is 2.27. The third-order valence-corrected chi connectivity index (χ3v) is 6.07. The van der Waals surface area contributed by atoms with E-state index in [-0.39, 0.29) is 0 Å². The zero-order valence-corrected chi connectivity index (χ0v) is 14.3. The van der Waals surface area contributed by atoms with E-state index in [1.807, 2.05) is 47.8 Å². The molecule has 0 heterocycles. The lowest BCUT2D eigenvalue weighted by molar-refractivity contribution is 0.680. The number of likely N-dealkylation sites (N-methyl/N-ethyl adjacent to an activating group) is 1. The molecule has 0 spiro atoms. The van der Waals surface area contributed by atoms with Crippen LogP contribution in [0, 0.1) is 11.3 Å². The van der Waals surface area contributed by atoms with Crippen LogP contribution in [0.1, 0.15) is 12.8 Å². The van der Waals surface area contributed by atoms with E-state index in [1.165, 1.54) is 11.9 Å². The van der Waals surface area contributed by atoms with E-state index < -0.39 is 15.6 Å². The van der Waals surface area contributed by atoms with Gasteiger partial charge in [-0.1, -0.05) is 30.4 Å². The summed E-state index contributed by atoms with van der Waals surface area (Å²) in [6.07, 6.45) is 8.33. The van der Waals surface area contributed by atoms with Crippen LogP contribution in [-0.4, -0.2) is 27.2 Å². The molecule has 6 heteroatoms. The average Bonchev–Trinajstić information content (AvgIpc) is 2.59. The molecule has 22 heavy (non-hydrogen) atoms. The van der Waals surface area contributed by atoms with Gasteiger partial charge < -0.3 is 4.31 Å². The largest absolute Gasteiger partial charge is 0.318 e. The lowest BCUT2D eigenvalue weighted by Gasteiger charge is -2.25. The Bertz CT molecular complexity index is 622. The highest BCUT2D eigenvalue weighted by atomic mass is 32.2. The lowest BCUT2D eigenvalue weighted by atomic mass is 10.1. The van der Waals surface area contributed by atoms with Gasteiger partial charge in [0.05, 0.1) is 6.07 Å². The van der Waals surface area contributed by atoms with Crippen LogP contribution in [0.3, 0.4) is 0 Å². The van der Waals surface area contributed by atoms with Gasteiger partial charge in [0.15, 0.2) is 0 Å². The molecule has 0 saturated carbocycles. The van der Waals surface area contributed by atoms with Crippen LogP contribution < -0.4 is 4.31 Å². The molecule has 1 aromatic rings. The van der Waals surface area contributed by atoms with Crippen LogP contribution in [0.25, 0.3) is 0 Å². The van der Waals surface area contributed by atoms with Crippen LogP contribution >= 0.6 is 11.9 Å². The molecule has 0 bridgehead atoms. The molecular weight excluding hydrogens is 314 g/mol. The summed E-state index contributed by atoms with van der Waals surface area (Å²) in [6.45, 7) is 0. The molecule has 0 radical (unpaired) electrons. The summed E-state index contributed by atoms with van der Waals surface area (Å²) in [6, 6.07) is 11.6. The Kier molecular flexibility index (Phi) is 6.10. The molecular formula is C16H19N3OS2. The smallest absolute Gasteiger partial charge is 0.205 e. The summed E-state index contributed by atoms with van der Waals surface area (Å²) < 4.78 is 15.5. The van der Waals surface area contributed by atoms with Gasteiger partial charge in [-0.15, -0.1) is 0 Å². The van der Waals surface area contributed by atoms with Crippen molar-refractivity contribution in [3.8, 4) is 6.07 Å². The van der Waals surface area contributed by atoms with Crippen molar-refractivity contribution in [1.29, 1.82) is 5.26 Å². The van der Waals surface area contributed by atoms with Gasteiger partial charge in [-0.2, -0.15) is 5.26 Å². The number of allylic oxidation sites excluding steroid dienone is 3. The Labute approximate surface area is 138 Å². The summed E-state index contributed by atoms with van der Waals surface area (Å²) in [4.78, 5) is 0. The fraction of sp³-hybridized carbons (Fsp3) is 0.312. The molecule has 2 unspecified atom stereocenters. The molecule has 2 atom stereocenters. The van der Waals surface area contributed by atoms with E-state index in [0.29, 0.717) is 0 Å². The molecule has 0 aromatic heterocycles. The number of hydrogen-bond donors (Lipinski definition) is 0. The standard InChI is InChI=1S/C16H19N3OS2/c1-18(14-9-5-3-6-10-14)21-16(13-17)22(20)19(2)15-11-7-4-8-12-15/h4-5,7-12,16H,3,6H2,1-2H3. The maximum Gasteiger partial charge on any atom is 0.205 e. The topological polar surface area (TPSA) is 47.3 Å². The lowest BCUT2D eigenvalue weighted by Crippen LogP contribution is -2.29. The minimum absolute atomic E-state index is 0.661. The summed E-state index contributed by atoms with van der Waals surface area (Å²) in [5, 5.41) is 9.38. The molecule has 1 aromatic carbocycles. The van der Waals surface area contributed by atoms with Crippen LogP contribution in [0.2, 0.25) is 0 Å². The number of nitrogens with zero attached hydrogens (tertiary/aromatic N) is 3. The fourth-order valence-electron chi connectivity index (χ4n) is 2.03. The van der Waals surface area contributed by atoms with Gasteiger partial charge in [0.25, 0.3) is 0 Å². The van der Waals surface area contributed by atoms with Gasteiger partial charge in [0.1, 0.15) is 11.0 Å². The van der Waals surface area contributed by atoms with Crippen LogP contribution in [-0.2, 0) is 11.0 Å². The second-order valence-electron chi connectivity index (χ2n) is 4.78. The molecule has 0 N–H and O–H groups in total. The maximum absolute atomic E-state index is 12.6. The van der Waals surface area contributed by atoms with Crippen molar-refractivity contribution in [1.82, 2.24) is 4.31 Å². The van der Waals surface area contributed by atoms with Crippen molar-refractivity contribution in [2.75, 3.05) is 18.4 Å². The van der Waals surface area contributed by atoms with E-state index in [0.717, 1.165) is 24.2 Å². The SMILES string of the molecule is CN(SC(C#N)S(=O)N(C)c1ccccc1)C1=CCCC=C1. The van der Waals surface area contributed by atoms with Gasteiger partial charge in [-0.25, -0.2) is 4.21 Å². The van der Waals surface area contributed by atoms with Crippen LogP contribution in [0.15, 0.2) is 54.3 Å². The van der Waals surface area contributed by atoms with Gasteiger partial charge >= 0.3 is 0 Å². The number of hydrogen-bond acceptors (Lipinski definition) is 4. The van der Waals surface area contributed by atoms with Gasteiger partial charge in [0.2, 0.25) is 4.58 Å². The van der Waals surface area contributed by atoms with E-state index in [2.05, 4.69) is 18.2 Å². The summed E-state index contributed by atoms with van der Waals surface area (Å²) in [7, 11) is 2.21. The molecule has 4 nitrogen and oxygen atoms in total. The Hall–Kier alpha value is -1.71. The van der Waals surface area contributed by atoms with Crippen molar-refractivity contribution >= 4 is 28.6 Å². The predicted octanol–water partition coefficient (Wildman–Crippen LogP) is 3.45. The van der Waals surface area contributed by atoms with E-state index in [9.17, 15) is 9.47 Å². The molecule has 1 aliphatic carbocycles. The first-order valence-corrected chi connectivity index (χ1v) is 9.00. The van der Waals surface area contributed by atoms with Crippen molar-refractivity contribution < 1.29 is 4.21 Å². The number of anilines is 1. The average molecular weight is 333 g/mol. The monoisotopic (exact) mass is 333 g/mol. The molecule has 2 rings (SSSR count). The third kappa shape index (κ3) is 4.15. The molecule has 0 amide bonds. The van der Waals surface area contributed by atoms with Crippen molar-refractivity contribution in [2.45, 2.75) is 17.4 Å². The van der Waals surface area contributed by atoms with Gasteiger partial charge in [-0.3, -0.25) is 4.31 Å². The first-order chi connectivity index (χ1) is 10.6. The summed E-state index contributed by atoms with van der Waals surface area (Å²) in [5.74, 6) is 0. The summed E-state index contributed by atoms with van der Waals surface area (Å²) in [5.41, 5.74) is 1.89. The Morgan fingerprint density at radius 1 is 1.27 bits per heavy atom. The number of rotatable bonds is 6. The van der Waals surface area contributed by atoms with E-state index in [4.69, 9.17) is 0 Å². The van der Waals surface area contributed by atoms with Gasteiger partial charge in [-0.05, 0) is 43.0 Å². The van der Waals surface area contributed by atoms with Crippen molar-refractivity contribution in [2.24, 2.45) is 0 Å². The van der Waals surface area contributed by atoms with Gasteiger partial charge in [0, 0.05) is 25.5 Å². The van der Waals surface area contributed by atoms with Crippen LogP contribution in [0.5, 0.6) is 0 Å². The number of para-hydroxylation sites is 1. The minimum atomic E-state index is -1.44. The highest BCUT2D eigenvalue weighted by molar-refractivity contribution is 8.10. The normalized spacial score (nSPS) is 16.3. The molecule has 1 aliphatic rings.